The van der Waals surface area contributed by atoms with E-state index in [1.165, 1.54) is 0 Å². The minimum absolute atomic E-state index is 0.296. The molecular formula is C13H21N5O. The van der Waals surface area contributed by atoms with Gasteiger partial charge < -0.3 is 10.5 Å². The average Bonchev–Trinajstić information content (AvgIpc) is 3.00. The molecule has 1 atom stereocenters. The van der Waals surface area contributed by atoms with Crippen LogP contribution < -0.4 is 10.5 Å². The van der Waals surface area contributed by atoms with Crippen molar-refractivity contribution in [3.05, 3.63) is 29.3 Å². The Morgan fingerprint density at radius 2 is 2.16 bits per heavy atom. The summed E-state index contributed by atoms with van der Waals surface area (Å²) in [7, 11) is 3.49. The summed E-state index contributed by atoms with van der Waals surface area (Å²) in [6.07, 6.45) is 2.58. The van der Waals surface area contributed by atoms with Gasteiger partial charge in [0, 0.05) is 13.6 Å². The lowest BCUT2D eigenvalue weighted by molar-refractivity contribution is 0.404. The molecule has 0 aliphatic rings. The summed E-state index contributed by atoms with van der Waals surface area (Å²) in [4.78, 5) is 0. The molecule has 0 saturated heterocycles. The van der Waals surface area contributed by atoms with Crippen molar-refractivity contribution in [3.8, 4) is 5.75 Å². The van der Waals surface area contributed by atoms with E-state index in [4.69, 9.17) is 10.5 Å². The van der Waals surface area contributed by atoms with Crippen LogP contribution in [0.3, 0.4) is 0 Å². The zero-order valence-corrected chi connectivity index (χ0v) is 11.9. The molecule has 104 valence electrons. The third-order valence-electron chi connectivity index (χ3n) is 3.31. The molecule has 2 aromatic rings. The minimum Gasteiger partial charge on any atom is -0.493 e. The second kappa shape index (κ2) is 5.44. The molecule has 0 bridgehead atoms. The Morgan fingerprint density at radius 1 is 1.42 bits per heavy atom. The Balaban J connectivity index is 2.45. The number of hydrogen-bond donors (Lipinski definition) is 1. The van der Waals surface area contributed by atoms with Crippen LogP contribution in [-0.4, -0.2) is 26.7 Å². The molecule has 0 saturated carbocycles. The fourth-order valence-corrected chi connectivity index (χ4v) is 2.24. The molecule has 19 heavy (non-hydrogen) atoms. The first-order valence-corrected chi connectivity index (χ1v) is 6.50. The first-order chi connectivity index (χ1) is 9.12. The number of hydrogen-bond acceptors (Lipinski definition) is 4. The standard InChI is InChI=1S/C13H21N5O/c1-5-9-7-10(18(6-2)16-9)12(14)13-11(19-4)8-15-17(13)3/h7-8,12H,5-6,14H2,1-4H3. The molecule has 0 aliphatic carbocycles. The van der Waals surface area contributed by atoms with Gasteiger partial charge in [-0.2, -0.15) is 10.2 Å². The molecule has 0 fully saturated rings. The smallest absolute Gasteiger partial charge is 0.161 e. The van der Waals surface area contributed by atoms with Gasteiger partial charge >= 0.3 is 0 Å². The van der Waals surface area contributed by atoms with Crippen LogP contribution in [0.5, 0.6) is 5.75 Å². The summed E-state index contributed by atoms with van der Waals surface area (Å²) < 4.78 is 9.01. The molecule has 2 rings (SSSR count). The summed E-state index contributed by atoms with van der Waals surface area (Å²) in [5.41, 5.74) is 9.28. The van der Waals surface area contributed by atoms with Crippen molar-refractivity contribution < 1.29 is 4.74 Å². The monoisotopic (exact) mass is 263 g/mol. The summed E-state index contributed by atoms with van der Waals surface area (Å²) in [6.45, 7) is 4.94. The van der Waals surface area contributed by atoms with Gasteiger partial charge in [0.25, 0.3) is 0 Å². The van der Waals surface area contributed by atoms with Crippen LogP contribution in [-0.2, 0) is 20.0 Å². The van der Waals surface area contributed by atoms with E-state index < -0.39 is 0 Å². The van der Waals surface area contributed by atoms with Gasteiger partial charge in [-0.3, -0.25) is 9.36 Å². The molecular weight excluding hydrogens is 242 g/mol. The second-order valence-corrected chi connectivity index (χ2v) is 4.43. The van der Waals surface area contributed by atoms with E-state index >= 15 is 0 Å². The van der Waals surface area contributed by atoms with Gasteiger partial charge in [0.1, 0.15) is 5.69 Å². The minimum atomic E-state index is -0.296. The van der Waals surface area contributed by atoms with Gasteiger partial charge in [0.05, 0.1) is 30.7 Å². The number of aromatic nitrogens is 4. The van der Waals surface area contributed by atoms with Crippen molar-refractivity contribution in [3.63, 3.8) is 0 Å². The van der Waals surface area contributed by atoms with Gasteiger partial charge in [-0.1, -0.05) is 6.92 Å². The topological polar surface area (TPSA) is 70.9 Å². The Hall–Kier alpha value is -1.82. The Morgan fingerprint density at radius 3 is 2.74 bits per heavy atom. The lowest BCUT2D eigenvalue weighted by atomic mass is 10.1. The second-order valence-electron chi connectivity index (χ2n) is 4.43. The van der Waals surface area contributed by atoms with Crippen molar-refractivity contribution in [1.29, 1.82) is 0 Å². The van der Waals surface area contributed by atoms with Crippen LogP contribution >= 0.6 is 0 Å². The van der Waals surface area contributed by atoms with Gasteiger partial charge in [-0.15, -0.1) is 0 Å². The quantitative estimate of drug-likeness (QED) is 0.881. The van der Waals surface area contributed by atoms with E-state index in [2.05, 4.69) is 30.1 Å². The van der Waals surface area contributed by atoms with Crippen molar-refractivity contribution in [2.75, 3.05) is 7.11 Å². The number of methoxy groups -OCH3 is 1. The number of aryl methyl sites for hydroxylation is 3. The Kier molecular flexibility index (Phi) is 3.90. The highest BCUT2D eigenvalue weighted by molar-refractivity contribution is 5.34. The molecule has 1 unspecified atom stereocenters. The largest absolute Gasteiger partial charge is 0.493 e. The van der Waals surface area contributed by atoms with Crippen LogP contribution in [0.1, 0.15) is 37.0 Å². The number of ether oxygens (including phenoxy) is 1. The van der Waals surface area contributed by atoms with Crippen molar-refractivity contribution >= 4 is 0 Å². The van der Waals surface area contributed by atoms with E-state index in [1.807, 2.05) is 11.7 Å². The van der Waals surface area contributed by atoms with Crippen molar-refractivity contribution in [2.24, 2.45) is 12.8 Å². The maximum Gasteiger partial charge on any atom is 0.161 e. The summed E-state index contributed by atoms with van der Waals surface area (Å²) in [5, 5.41) is 8.73. The maximum absolute atomic E-state index is 6.38. The number of nitrogens with two attached hydrogens (primary N) is 1. The van der Waals surface area contributed by atoms with Crippen LogP contribution in [0, 0.1) is 0 Å². The van der Waals surface area contributed by atoms with E-state index in [0.29, 0.717) is 5.75 Å². The molecule has 6 nitrogen and oxygen atoms in total. The predicted molar refractivity (Wildman–Crippen MR) is 73.1 cm³/mol. The highest BCUT2D eigenvalue weighted by atomic mass is 16.5. The highest BCUT2D eigenvalue weighted by Crippen LogP contribution is 2.28. The van der Waals surface area contributed by atoms with Crippen LogP contribution in [0.15, 0.2) is 12.3 Å². The molecule has 0 radical (unpaired) electrons. The molecule has 0 amide bonds. The van der Waals surface area contributed by atoms with Crippen LogP contribution in [0.2, 0.25) is 0 Å². The van der Waals surface area contributed by atoms with E-state index in [-0.39, 0.29) is 6.04 Å². The lowest BCUT2D eigenvalue weighted by Crippen LogP contribution is -2.20. The Bertz CT molecular complexity index is 557. The average molecular weight is 263 g/mol. The van der Waals surface area contributed by atoms with Crippen LogP contribution in [0.25, 0.3) is 0 Å². The van der Waals surface area contributed by atoms with E-state index in [1.54, 1.807) is 18.0 Å². The zero-order valence-electron chi connectivity index (χ0n) is 11.9. The normalized spacial score (nSPS) is 12.7. The molecule has 2 aromatic heterocycles. The van der Waals surface area contributed by atoms with Crippen LogP contribution in [0.4, 0.5) is 0 Å². The SMILES string of the molecule is CCc1cc(C(N)c2c(OC)cnn2C)n(CC)n1. The fraction of sp³-hybridized carbons (Fsp3) is 0.538. The number of nitrogens with zero attached hydrogens (tertiary/aromatic N) is 4. The Labute approximate surface area is 113 Å². The fourth-order valence-electron chi connectivity index (χ4n) is 2.24. The van der Waals surface area contributed by atoms with E-state index in [9.17, 15) is 0 Å². The number of rotatable bonds is 5. The van der Waals surface area contributed by atoms with Gasteiger partial charge in [-0.05, 0) is 19.4 Å². The lowest BCUT2D eigenvalue weighted by Gasteiger charge is -2.15. The third-order valence-corrected chi connectivity index (χ3v) is 3.31. The van der Waals surface area contributed by atoms with Crippen molar-refractivity contribution in [2.45, 2.75) is 32.9 Å². The van der Waals surface area contributed by atoms with Gasteiger partial charge in [0.15, 0.2) is 5.75 Å². The summed E-state index contributed by atoms with van der Waals surface area (Å²) in [6, 6.07) is 1.76. The molecule has 2 heterocycles. The third kappa shape index (κ3) is 2.35. The van der Waals surface area contributed by atoms with Crippen molar-refractivity contribution in [1.82, 2.24) is 19.6 Å². The molecule has 0 aromatic carbocycles. The molecule has 0 spiro atoms. The first kappa shape index (κ1) is 13.6. The summed E-state index contributed by atoms with van der Waals surface area (Å²) in [5.74, 6) is 0.705. The predicted octanol–water partition coefficient (Wildman–Crippen LogP) is 1.26. The summed E-state index contributed by atoms with van der Waals surface area (Å²) >= 11 is 0. The molecule has 6 heteroatoms. The zero-order chi connectivity index (χ0) is 14.0. The maximum atomic E-state index is 6.38. The molecule has 2 N–H and O–H groups in total. The van der Waals surface area contributed by atoms with E-state index in [0.717, 1.165) is 30.0 Å². The van der Waals surface area contributed by atoms with Gasteiger partial charge in [0.2, 0.25) is 0 Å². The highest BCUT2D eigenvalue weighted by Gasteiger charge is 2.22. The van der Waals surface area contributed by atoms with Gasteiger partial charge in [-0.25, -0.2) is 0 Å². The molecule has 0 aliphatic heterocycles. The first-order valence-electron chi connectivity index (χ1n) is 6.50.